The van der Waals surface area contributed by atoms with Gasteiger partial charge in [0.05, 0.1) is 12.4 Å². The molecule has 0 bridgehead atoms. The minimum absolute atomic E-state index is 0.166. The Balaban J connectivity index is 1.73. The van der Waals surface area contributed by atoms with Gasteiger partial charge in [-0.2, -0.15) is 0 Å². The fraction of sp³-hybridized carbons (Fsp3) is 0.593. The number of nitrogens with zero attached hydrogens (tertiary/aromatic N) is 2. The van der Waals surface area contributed by atoms with Crippen LogP contribution in [0.4, 0.5) is 0 Å². The molecule has 176 valence electrons. The van der Waals surface area contributed by atoms with Crippen LogP contribution in [0.15, 0.2) is 36.7 Å². The zero-order valence-corrected chi connectivity index (χ0v) is 20.1. The van der Waals surface area contributed by atoms with Gasteiger partial charge in [-0.15, -0.1) is 0 Å². The molecule has 1 aromatic heterocycles. The van der Waals surface area contributed by atoms with Crippen LogP contribution in [0.5, 0.6) is 5.75 Å². The average molecular weight is 441 g/mol. The highest BCUT2D eigenvalue weighted by Gasteiger charge is 2.10. The van der Waals surface area contributed by atoms with Crippen molar-refractivity contribution in [3.8, 4) is 17.1 Å². The zero-order chi connectivity index (χ0) is 23.0. The molecular formula is C27H40N2O3. The molecule has 5 nitrogen and oxygen atoms in total. The summed E-state index contributed by atoms with van der Waals surface area (Å²) in [6.45, 7) is 6.48. The summed E-state index contributed by atoms with van der Waals surface area (Å²) in [5.41, 5.74) is 2.36. The number of carbonyl (C=O) groups is 1. The molecule has 1 unspecified atom stereocenters. The molecule has 0 aliphatic heterocycles. The van der Waals surface area contributed by atoms with Crippen LogP contribution >= 0.6 is 0 Å². The number of esters is 1. The van der Waals surface area contributed by atoms with Crippen LogP contribution in [-0.4, -0.2) is 28.6 Å². The summed E-state index contributed by atoms with van der Waals surface area (Å²) in [7, 11) is 0. The van der Waals surface area contributed by atoms with Gasteiger partial charge in [0.1, 0.15) is 12.7 Å². The molecule has 0 aliphatic rings. The van der Waals surface area contributed by atoms with E-state index >= 15 is 0 Å². The van der Waals surface area contributed by atoms with Crippen LogP contribution in [-0.2, 0) is 16.0 Å². The monoisotopic (exact) mass is 440 g/mol. The van der Waals surface area contributed by atoms with E-state index in [1.807, 2.05) is 6.92 Å². The van der Waals surface area contributed by atoms with Crippen molar-refractivity contribution in [2.24, 2.45) is 0 Å². The highest BCUT2D eigenvalue weighted by molar-refractivity contribution is 5.69. The maximum atomic E-state index is 11.8. The topological polar surface area (TPSA) is 61.3 Å². The van der Waals surface area contributed by atoms with Gasteiger partial charge in [-0.25, -0.2) is 9.97 Å². The number of ether oxygens (including phenoxy) is 2. The second kappa shape index (κ2) is 15.4. The lowest BCUT2D eigenvalue weighted by Gasteiger charge is -2.14. The molecule has 5 heteroatoms. The summed E-state index contributed by atoms with van der Waals surface area (Å²) < 4.78 is 11.1. The molecule has 1 aromatic carbocycles. The SMILES string of the molecule is CCCCCCCCc1ccc(-c2ncc(OCC(C)OC(=O)CCCCC)cn2)cc1. The summed E-state index contributed by atoms with van der Waals surface area (Å²) in [6, 6.07) is 8.52. The van der Waals surface area contributed by atoms with Gasteiger partial charge < -0.3 is 9.47 Å². The molecule has 1 atom stereocenters. The molecule has 0 aliphatic carbocycles. The fourth-order valence-electron chi connectivity index (χ4n) is 3.52. The number of unbranched alkanes of at least 4 members (excludes halogenated alkanes) is 7. The van der Waals surface area contributed by atoms with Crippen molar-refractivity contribution in [3.63, 3.8) is 0 Å². The molecule has 0 saturated heterocycles. The van der Waals surface area contributed by atoms with Crippen LogP contribution in [0.3, 0.4) is 0 Å². The van der Waals surface area contributed by atoms with Gasteiger partial charge in [-0.05, 0) is 31.7 Å². The highest BCUT2D eigenvalue weighted by Crippen LogP contribution is 2.19. The summed E-state index contributed by atoms with van der Waals surface area (Å²) in [6.07, 6.45) is 15.5. The van der Waals surface area contributed by atoms with Gasteiger partial charge in [0.15, 0.2) is 11.6 Å². The third-order valence-electron chi connectivity index (χ3n) is 5.46. The number of benzene rings is 1. The molecule has 1 heterocycles. The fourth-order valence-corrected chi connectivity index (χ4v) is 3.52. The molecule has 32 heavy (non-hydrogen) atoms. The Morgan fingerprint density at radius 3 is 2.19 bits per heavy atom. The first kappa shape index (κ1) is 25.8. The third-order valence-corrected chi connectivity index (χ3v) is 5.46. The van der Waals surface area contributed by atoms with E-state index in [0.29, 0.717) is 18.0 Å². The van der Waals surface area contributed by atoms with E-state index in [0.717, 1.165) is 31.2 Å². The first-order valence-electron chi connectivity index (χ1n) is 12.4. The molecule has 2 rings (SSSR count). The van der Waals surface area contributed by atoms with E-state index in [-0.39, 0.29) is 18.7 Å². The van der Waals surface area contributed by atoms with Gasteiger partial charge in [0.25, 0.3) is 0 Å². The van der Waals surface area contributed by atoms with Gasteiger partial charge in [0, 0.05) is 12.0 Å². The van der Waals surface area contributed by atoms with Crippen molar-refractivity contribution in [1.29, 1.82) is 0 Å². The van der Waals surface area contributed by atoms with Gasteiger partial charge in [-0.1, -0.05) is 83.1 Å². The van der Waals surface area contributed by atoms with Crippen LogP contribution in [0, 0.1) is 0 Å². The van der Waals surface area contributed by atoms with E-state index in [4.69, 9.17) is 9.47 Å². The second-order valence-corrected chi connectivity index (χ2v) is 8.53. The summed E-state index contributed by atoms with van der Waals surface area (Å²) in [4.78, 5) is 20.6. The van der Waals surface area contributed by atoms with E-state index in [2.05, 4.69) is 48.1 Å². The average Bonchev–Trinajstić information content (AvgIpc) is 2.81. The van der Waals surface area contributed by atoms with Crippen LogP contribution in [0.25, 0.3) is 11.4 Å². The minimum Gasteiger partial charge on any atom is -0.486 e. The Hall–Kier alpha value is -2.43. The Morgan fingerprint density at radius 1 is 0.875 bits per heavy atom. The number of rotatable bonds is 16. The second-order valence-electron chi connectivity index (χ2n) is 8.53. The van der Waals surface area contributed by atoms with Crippen molar-refractivity contribution in [1.82, 2.24) is 9.97 Å². The summed E-state index contributed by atoms with van der Waals surface area (Å²) >= 11 is 0. The van der Waals surface area contributed by atoms with E-state index in [9.17, 15) is 4.79 Å². The smallest absolute Gasteiger partial charge is 0.306 e. The molecule has 0 saturated carbocycles. The number of aromatic nitrogens is 2. The molecular weight excluding hydrogens is 400 g/mol. The van der Waals surface area contributed by atoms with Crippen LogP contribution in [0.2, 0.25) is 0 Å². The first-order valence-corrected chi connectivity index (χ1v) is 12.4. The van der Waals surface area contributed by atoms with E-state index in [1.54, 1.807) is 12.4 Å². The first-order chi connectivity index (χ1) is 15.6. The lowest BCUT2D eigenvalue weighted by atomic mass is 10.0. The Bertz CT molecular complexity index is 759. The molecule has 0 fully saturated rings. The summed E-state index contributed by atoms with van der Waals surface area (Å²) in [5.74, 6) is 1.09. The minimum atomic E-state index is -0.303. The van der Waals surface area contributed by atoms with E-state index in [1.165, 1.54) is 44.1 Å². The van der Waals surface area contributed by atoms with E-state index < -0.39 is 0 Å². The molecule has 2 aromatic rings. The predicted molar refractivity (Wildman–Crippen MR) is 130 cm³/mol. The predicted octanol–water partition coefficient (Wildman–Crippen LogP) is 6.94. The van der Waals surface area contributed by atoms with Gasteiger partial charge in [-0.3, -0.25) is 4.79 Å². The number of aryl methyl sites for hydroxylation is 1. The summed E-state index contributed by atoms with van der Waals surface area (Å²) in [5, 5.41) is 0. The Morgan fingerprint density at radius 2 is 1.50 bits per heavy atom. The lowest BCUT2D eigenvalue weighted by molar-refractivity contribution is -0.149. The van der Waals surface area contributed by atoms with Crippen molar-refractivity contribution >= 4 is 5.97 Å². The number of hydrogen-bond acceptors (Lipinski definition) is 5. The Kier molecular flexibility index (Phi) is 12.4. The largest absolute Gasteiger partial charge is 0.486 e. The maximum absolute atomic E-state index is 11.8. The van der Waals surface area contributed by atoms with Gasteiger partial charge in [0.2, 0.25) is 0 Å². The van der Waals surface area contributed by atoms with Crippen LogP contribution in [0.1, 0.15) is 90.5 Å². The highest BCUT2D eigenvalue weighted by atomic mass is 16.6. The van der Waals surface area contributed by atoms with Crippen molar-refractivity contribution in [2.45, 2.75) is 97.5 Å². The number of hydrogen-bond donors (Lipinski definition) is 0. The molecule has 0 radical (unpaired) electrons. The maximum Gasteiger partial charge on any atom is 0.306 e. The van der Waals surface area contributed by atoms with Gasteiger partial charge >= 0.3 is 5.97 Å². The van der Waals surface area contributed by atoms with Crippen LogP contribution < -0.4 is 4.74 Å². The van der Waals surface area contributed by atoms with Crippen molar-refractivity contribution in [3.05, 3.63) is 42.2 Å². The standard InChI is InChI=1S/C27H40N2O3/c1-4-6-8-9-10-12-13-23-15-17-24(18-16-23)27-28-19-25(20-29-27)31-21-22(3)32-26(30)14-11-7-5-2/h15-20,22H,4-14,21H2,1-3H3. The molecule has 0 N–H and O–H groups in total. The zero-order valence-electron chi connectivity index (χ0n) is 20.1. The number of carbonyl (C=O) groups excluding carboxylic acids is 1. The normalized spacial score (nSPS) is 11.8. The van der Waals surface area contributed by atoms with Crippen molar-refractivity contribution < 1.29 is 14.3 Å². The lowest BCUT2D eigenvalue weighted by Crippen LogP contribution is -2.22. The quantitative estimate of drug-likeness (QED) is 0.209. The molecule has 0 spiro atoms. The Labute approximate surface area is 194 Å². The molecule has 0 amide bonds. The van der Waals surface area contributed by atoms with Crippen molar-refractivity contribution in [2.75, 3.05) is 6.61 Å². The third kappa shape index (κ3) is 10.3.